The largest absolute Gasteiger partial charge is 0.573 e. The van der Waals surface area contributed by atoms with Gasteiger partial charge in [-0.15, -0.1) is 13.2 Å². The van der Waals surface area contributed by atoms with Crippen LogP contribution in [0.25, 0.3) is 0 Å². The molecule has 130 valence electrons. The molecular formula is C16H16F3NO3S. The Hall–Kier alpha value is -2.06. The van der Waals surface area contributed by atoms with Crippen LogP contribution >= 0.6 is 0 Å². The molecule has 0 unspecified atom stereocenters. The first-order valence-corrected chi connectivity index (χ1v) is 8.56. The first-order chi connectivity index (χ1) is 11.2. The standard InChI is InChI=1S/C16H16F3NO3S/c1-12-4-2-3-5-13(12)10-11-20-24(21,22)15-8-6-14(7-9-15)23-16(17,18)19/h2-9,20H,10-11H2,1H3. The minimum Gasteiger partial charge on any atom is -0.406 e. The number of benzene rings is 2. The Morgan fingerprint density at radius 1 is 1.04 bits per heavy atom. The van der Waals surface area contributed by atoms with Gasteiger partial charge in [0, 0.05) is 6.54 Å². The molecule has 0 amide bonds. The van der Waals surface area contributed by atoms with Crippen LogP contribution in [-0.4, -0.2) is 21.3 Å². The number of rotatable bonds is 6. The van der Waals surface area contributed by atoms with Crippen molar-refractivity contribution in [2.75, 3.05) is 6.54 Å². The minimum atomic E-state index is -4.81. The molecule has 8 heteroatoms. The lowest BCUT2D eigenvalue weighted by Crippen LogP contribution is -2.26. The van der Waals surface area contributed by atoms with Crippen molar-refractivity contribution in [3.05, 3.63) is 59.7 Å². The summed E-state index contributed by atoms with van der Waals surface area (Å²) in [5, 5.41) is 0. The zero-order valence-electron chi connectivity index (χ0n) is 12.8. The third-order valence-corrected chi connectivity index (χ3v) is 4.79. The Kier molecular flexibility index (Phi) is 5.51. The van der Waals surface area contributed by atoms with Crippen LogP contribution in [0.2, 0.25) is 0 Å². The average molecular weight is 359 g/mol. The Morgan fingerprint density at radius 2 is 1.67 bits per heavy atom. The molecule has 0 bridgehead atoms. The van der Waals surface area contributed by atoms with E-state index in [0.29, 0.717) is 6.42 Å². The Bertz CT molecular complexity index is 787. The van der Waals surface area contributed by atoms with Crippen LogP contribution in [-0.2, 0) is 16.4 Å². The van der Waals surface area contributed by atoms with E-state index >= 15 is 0 Å². The molecular weight excluding hydrogens is 343 g/mol. The van der Waals surface area contributed by atoms with Gasteiger partial charge < -0.3 is 4.74 Å². The first-order valence-electron chi connectivity index (χ1n) is 7.07. The van der Waals surface area contributed by atoms with Gasteiger partial charge in [-0.05, 0) is 48.7 Å². The van der Waals surface area contributed by atoms with E-state index in [9.17, 15) is 21.6 Å². The summed E-state index contributed by atoms with van der Waals surface area (Å²) in [5.74, 6) is -0.471. The Balaban J connectivity index is 1.99. The second-order valence-corrected chi connectivity index (χ2v) is 6.86. The molecule has 0 aromatic heterocycles. The van der Waals surface area contributed by atoms with E-state index in [1.54, 1.807) is 0 Å². The summed E-state index contributed by atoms with van der Waals surface area (Å²) >= 11 is 0. The van der Waals surface area contributed by atoms with Crippen LogP contribution in [0.5, 0.6) is 5.75 Å². The molecule has 2 aromatic rings. The molecule has 0 radical (unpaired) electrons. The quantitative estimate of drug-likeness (QED) is 0.860. The summed E-state index contributed by atoms with van der Waals surface area (Å²) < 4.78 is 66.6. The SMILES string of the molecule is Cc1ccccc1CCNS(=O)(=O)c1ccc(OC(F)(F)F)cc1. The summed E-state index contributed by atoms with van der Waals surface area (Å²) in [6.07, 6.45) is -4.30. The van der Waals surface area contributed by atoms with Gasteiger partial charge in [-0.25, -0.2) is 13.1 Å². The van der Waals surface area contributed by atoms with Crippen LogP contribution in [0.1, 0.15) is 11.1 Å². The van der Waals surface area contributed by atoms with Gasteiger partial charge in [-0.1, -0.05) is 24.3 Å². The smallest absolute Gasteiger partial charge is 0.406 e. The molecule has 24 heavy (non-hydrogen) atoms. The van der Waals surface area contributed by atoms with Gasteiger partial charge in [0.1, 0.15) is 5.75 Å². The zero-order chi connectivity index (χ0) is 17.8. The summed E-state index contributed by atoms with van der Waals surface area (Å²) in [6, 6.07) is 11.7. The van der Waals surface area contributed by atoms with Gasteiger partial charge in [-0.3, -0.25) is 0 Å². The second kappa shape index (κ2) is 7.23. The molecule has 0 saturated carbocycles. The zero-order valence-corrected chi connectivity index (χ0v) is 13.6. The number of nitrogens with one attached hydrogen (secondary N) is 1. The third-order valence-electron chi connectivity index (χ3n) is 3.32. The Labute approximate surface area is 138 Å². The predicted molar refractivity (Wildman–Crippen MR) is 83.2 cm³/mol. The van der Waals surface area contributed by atoms with E-state index in [4.69, 9.17) is 0 Å². The molecule has 0 saturated heterocycles. The van der Waals surface area contributed by atoms with Gasteiger partial charge in [0.25, 0.3) is 0 Å². The van der Waals surface area contributed by atoms with Crippen molar-refractivity contribution in [1.29, 1.82) is 0 Å². The van der Waals surface area contributed by atoms with Crippen LogP contribution in [0.15, 0.2) is 53.4 Å². The molecule has 0 aliphatic carbocycles. The number of aryl methyl sites for hydroxylation is 1. The molecule has 2 aromatic carbocycles. The van der Waals surface area contributed by atoms with Crippen LogP contribution < -0.4 is 9.46 Å². The lowest BCUT2D eigenvalue weighted by atomic mass is 10.1. The van der Waals surface area contributed by atoms with Crippen LogP contribution in [0.4, 0.5) is 13.2 Å². The highest BCUT2D eigenvalue weighted by Gasteiger charge is 2.31. The van der Waals surface area contributed by atoms with Crippen LogP contribution in [0.3, 0.4) is 0 Å². The van der Waals surface area contributed by atoms with E-state index in [2.05, 4.69) is 9.46 Å². The van der Waals surface area contributed by atoms with Crippen molar-refractivity contribution in [1.82, 2.24) is 4.72 Å². The van der Waals surface area contributed by atoms with E-state index in [-0.39, 0.29) is 11.4 Å². The lowest BCUT2D eigenvalue weighted by Gasteiger charge is -2.10. The maximum atomic E-state index is 12.1. The second-order valence-electron chi connectivity index (χ2n) is 5.09. The van der Waals surface area contributed by atoms with Crippen molar-refractivity contribution < 1.29 is 26.3 Å². The Morgan fingerprint density at radius 3 is 2.25 bits per heavy atom. The maximum Gasteiger partial charge on any atom is 0.573 e. The molecule has 4 nitrogen and oxygen atoms in total. The molecule has 0 atom stereocenters. The lowest BCUT2D eigenvalue weighted by molar-refractivity contribution is -0.274. The number of halogens is 3. The van der Waals surface area contributed by atoms with Crippen molar-refractivity contribution in [3.63, 3.8) is 0 Å². The first kappa shape index (κ1) is 18.3. The van der Waals surface area contributed by atoms with E-state index < -0.39 is 22.1 Å². The number of hydrogen-bond acceptors (Lipinski definition) is 3. The number of ether oxygens (including phenoxy) is 1. The highest BCUT2D eigenvalue weighted by atomic mass is 32.2. The van der Waals surface area contributed by atoms with Crippen molar-refractivity contribution in [2.45, 2.75) is 24.6 Å². The predicted octanol–water partition coefficient (Wildman–Crippen LogP) is 3.41. The number of hydrogen-bond donors (Lipinski definition) is 1. The summed E-state index contributed by atoms with van der Waals surface area (Å²) in [4.78, 5) is -0.123. The number of sulfonamides is 1. The van der Waals surface area contributed by atoms with Gasteiger partial charge in [0.05, 0.1) is 4.90 Å². The third kappa shape index (κ3) is 5.24. The van der Waals surface area contributed by atoms with E-state index in [1.807, 2.05) is 31.2 Å². The summed E-state index contributed by atoms with van der Waals surface area (Å²) in [7, 11) is -3.79. The average Bonchev–Trinajstić information content (AvgIpc) is 2.48. The maximum absolute atomic E-state index is 12.1. The fourth-order valence-corrected chi connectivity index (χ4v) is 3.15. The van der Waals surface area contributed by atoms with Crippen molar-refractivity contribution in [2.24, 2.45) is 0 Å². The van der Waals surface area contributed by atoms with Gasteiger partial charge in [0.15, 0.2) is 0 Å². The fourth-order valence-electron chi connectivity index (χ4n) is 2.11. The fraction of sp³-hybridized carbons (Fsp3) is 0.250. The van der Waals surface area contributed by atoms with Crippen molar-refractivity contribution >= 4 is 10.0 Å². The highest BCUT2D eigenvalue weighted by Crippen LogP contribution is 2.23. The minimum absolute atomic E-state index is 0.123. The van der Waals surface area contributed by atoms with E-state index in [1.165, 1.54) is 0 Å². The van der Waals surface area contributed by atoms with Gasteiger partial charge in [0.2, 0.25) is 10.0 Å². The normalized spacial score (nSPS) is 12.2. The molecule has 1 N–H and O–H groups in total. The van der Waals surface area contributed by atoms with Crippen molar-refractivity contribution in [3.8, 4) is 5.75 Å². The molecule has 0 aliphatic heterocycles. The van der Waals surface area contributed by atoms with Gasteiger partial charge >= 0.3 is 6.36 Å². The van der Waals surface area contributed by atoms with Gasteiger partial charge in [-0.2, -0.15) is 0 Å². The summed E-state index contributed by atoms with van der Waals surface area (Å²) in [6.45, 7) is 2.12. The topological polar surface area (TPSA) is 55.4 Å². The van der Waals surface area contributed by atoms with Crippen LogP contribution in [0, 0.1) is 6.92 Å². The molecule has 0 spiro atoms. The highest BCUT2D eigenvalue weighted by molar-refractivity contribution is 7.89. The number of alkyl halides is 3. The summed E-state index contributed by atoms with van der Waals surface area (Å²) in [5.41, 5.74) is 2.08. The molecule has 0 heterocycles. The monoisotopic (exact) mass is 359 g/mol. The molecule has 2 rings (SSSR count). The molecule has 0 fully saturated rings. The van der Waals surface area contributed by atoms with E-state index in [0.717, 1.165) is 35.4 Å². The molecule has 0 aliphatic rings.